The fourth-order valence-electron chi connectivity index (χ4n) is 4.31. The zero-order chi connectivity index (χ0) is 22.8. The molecule has 2 aromatic rings. The third-order valence-corrected chi connectivity index (χ3v) is 7.78. The van der Waals surface area contributed by atoms with E-state index in [2.05, 4.69) is 5.32 Å². The Morgan fingerprint density at radius 3 is 2.23 bits per heavy atom. The lowest BCUT2D eigenvalue weighted by atomic mass is 10.1. The molecule has 3 rings (SSSR count). The van der Waals surface area contributed by atoms with Crippen LogP contribution < -0.4 is 5.32 Å². The number of amides is 1. The van der Waals surface area contributed by atoms with Gasteiger partial charge >= 0.3 is 0 Å². The van der Waals surface area contributed by atoms with Gasteiger partial charge in [-0.1, -0.05) is 30.3 Å². The summed E-state index contributed by atoms with van der Waals surface area (Å²) in [5.74, 6) is -0.122. The number of rotatable bonds is 5. The third kappa shape index (κ3) is 4.79. The molecule has 0 aliphatic carbocycles. The highest BCUT2D eigenvalue weighted by Gasteiger charge is 2.39. The Morgan fingerprint density at radius 1 is 1.06 bits per heavy atom. The molecule has 0 bridgehead atoms. The number of sulfonamides is 1. The summed E-state index contributed by atoms with van der Waals surface area (Å²) in [7, 11) is -3.83. The van der Waals surface area contributed by atoms with Gasteiger partial charge in [-0.2, -0.15) is 9.57 Å². The van der Waals surface area contributed by atoms with Gasteiger partial charge in [0.25, 0.3) is 0 Å². The molecule has 1 fully saturated rings. The van der Waals surface area contributed by atoms with E-state index in [-0.39, 0.29) is 35.0 Å². The molecule has 1 aliphatic heterocycles. The van der Waals surface area contributed by atoms with Gasteiger partial charge in [-0.25, -0.2) is 8.42 Å². The second kappa shape index (κ2) is 9.18. The van der Waals surface area contributed by atoms with Crippen LogP contribution in [0, 0.1) is 25.2 Å². The number of anilines is 1. The quantitative estimate of drug-likeness (QED) is 0.772. The molecule has 8 heteroatoms. The van der Waals surface area contributed by atoms with E-state index in [1.807, 2.05) is 56.9 Å². The van der Waals surface area contributed by atoms with Crippen LogP contribution >= 0.6 is 0 Å². The molecule has 2 aromatic carbocycles. The lowest BCUT2D eigenvalue weighted by Gasteiger charge is -2.43. The maximum absolute atomic E-state index is 13.3. The van der Waals surface area contributed by atoms with Gasteiger partial charge in [0, 0.05) is 30.9 Å². The molecule has 0 aromatic heterocycles. The van der Waals surface area contributed by atoms with Crippen molar-refractivity contribution >= 4 is 21.6 Å². The Balaban J connectivity index is 1.73. The minimum Gasteiger partial charge on any atom is -0.324 e. The Hall–Kier alpha value is -2.73. The predicted octanol–water partition coefficient (Wildman–Crippen LogP) is 2.90. The van der Waals surface area contributed by atoms with E-state index in [9.17, 15) is 18.5 Å². The lowest BCUT2D eigenvalue weighted by molar-refractivity contribution is -0.118. The van der Waals surface area contributed by atoms with Crippen LogP contribution in [0.1, 0.15) is 30.5 Å². The van der Waals surface area contributed by atoms with Crippen LogP contribution in [0.25, 0.3) is 0 Å². The van der Waals surface area contributed by atoms with Crippen molar-refractivity contribution in [2.24, 2.45) is 0 Å². The van der Waals surface area contributed by atoms with Crippen LogP contribution in [0.5, 0.6) is 0 Å². The maximum Gasteiger partial charge on any atom is 0.244 e. The maximum atomic E-state index is 13.3. The second-order valence-electron chi connectivity index (χ2n) is 8.15. The molecular formula is C23H28N4O3S. The van der Waals surface area contributed by atoms with Crippen molar-refractivity contribution in [1.82, 2.24) is 9.21 Å². The van der Waals surface area contributed by atoms with Crippen LogP contribution in [0.3, 0.4) is 0 Å². The van der Waals surface area contributed by atoms with Gasteiger partial charge in [-0.05, 0) is 51.0 Å². The average Bonchev–Trinajstić information content (AvgIpc) is 2.70. The highest BCUT2D eigenvalue weighted by molar-refractivity contribution is 7.89. The van der Waals surface area contributed by atoms with E-state index in [1.54, 1.807) is 12.1 Å². The van der Waals surface area contributed by atoms with Crippen molar-refractivity contribution in [3.05, 3.63) is 59.2 Å². The van der Waals surface area contributed by atoms with Crippen molar-refractivity contribution < 1.29 is 13.2 Å². The number of piperazine rings is 1. The zero-order valence-corrected chi connectivity index (χ0v) is 19.1. The SMILES string of the molecule is Cc1cccc(C)c1NC(=O)CN1CC(C)N(S(=O)(=O)c2ccccc2C#N)C(C)C1. The summed E-state index contributed by atoms with van der Waals surface area (Å²) in [6.07, 6.45) is 0. The van der Waals surface area contributed by atoms with Gasteiger partial charge < -0.3 is 5.32 Å². The summed E-state index contributed by atoms with van der Waals surface area (Å²) in [6, 6.07) is 13.4. The number of para-hydroxylation sites is 1. The van der Waals surface area contributed by atoms with E-state index in [0.29, 0.717) is 13.1 Å². The molecule has 1 amide bonds. The first kappa shape index (κ1) is 22.9. The van der Waals surface area contributed by atoms with E-state index in [4.69, 9.17) is 0 Å². The monoisotopic (exact) mass is 440 g/mol. The summed E-state index contributed by atoms with van der Waals surface area (Å²) < 4.78 is 28.1. The van der Waals surface area contributed by atoms with E-state index < -0.39 is 10.0 Å². The van der Waals surface area contributed by atoms with Gasteiger partial charge in [-0.15, -0.1) is 0 Å². The van der Waals surface area contributed by atoms with Crippen molar-refractivity contribution in [1.29, 1.82) is 5.26 Å². The summed E-state index contributed by atoms with van der Waals surface area (Å²) in [5.41, 5.74) is 2.96. The average molecular weight is 441 g/mol. The first-order valence-electron chi connectivity index (χ1n) is 10.3. The summed E-state index contributed by atoms with van der Waals surface area (Å²) >= 11 is 0. The Kier molecular flexibility index (Phi) is 6.80. The molecule has 1 aliphatic rings. The van der Waals surface area contributed by atoms with Crippen LogP contribution in [0.15, 0.2) is 47.4 Å². The fourth-order valence-corrected chi connectivity index (χ4v) is 6.26. The van der Waals surface area contributed by atoms with Gasteiger partial charge in [0.05, 0.1) is 17.0 Å². The van der Waals surface area contributed by atoms with Crippen molar-refractivity contribution in [2.75, 3.05) is 25.0 Å². The molecule has 1 saturated heterocycles. The van der Waals surface area contributed by atoms with Gasteiger partial charge in [0.1, 0.15) is 6.07 Å². The number of nitrogens with zero attached hydrogens (tertiary/aromatic N) is 3. The highest BCUT2D eigenvalue weighted by atomic mass is 32.2. The number of hydrogen-bond acceptors (Lipinski definition) is 5. The number of nitriles is 1. The van der Waals surface area contributed by atoms with Crippen molar-refractivity contribution in [2.45, 2.75) is 44.7 Å². The largest absolute Gasteiger partial charge is 0.324 e. The first-order chi connectivity index (χ1) is 14.6. The minimum atomic E-state index is -3.83. The first-order valence-corrected chi connectivity index (χ1v) is 11.7. The number of carbonyl (C=O) groups excluding carboxylic acids is 1. The molecule has 31 heavy (non-hydrogen) atoms. The number of nitrogens with one attached hydrogen (secondary N) is 1. The van der Waals surface area contributed by atoms with Crippen LogP contribution in [0.4, 0.5) is 5.69 Å². The summed E-state index contributed by atoms with van der Waals surface area (Å²) in [5, 5.41) is 12.3. The zero-order valence-electron chi connectivity index (χ0n) is 18.3. The molecule has 1 N–H and O–H groups in total. The molecule has 0 spiro atoms. The third-order valence-electron chi connectivity index (χ3n) is 5.59. The van der Waals surface area contributed by atoms with Gasteiger partial charge in [0.15, 0.2) is 0 Å². The normalized spacial score (nSPS) is 20.2. The van der Waals surface area contributed by atoms with E-state index in [0.717, 1.165) is 16.8 Å². The Labute approximate surface area is 184 Å². The van der Waals surface area contributed by atoms with E-state index >= 15 is 0 Å². The highest BCUT2D eigenvalue weighted by Crippen LogP contribution is 2.27. The molecule has 0 radical (unpaired) electrons. The topological polar surface area (TPSA) is 93.5 Å². The molecular weight excluding hydrogens is 412 g/mol. The Morgan fingerprint density at radius 2 is 1.65 bits per heavy atom. The molecule has 1 heterocycles. The molecule has 0 saturated carbocycles. The summed E-state index contributed by atoms with van der Waals surface area (Å²) in [6.45, 7) is 8.62. The van der Waals surface area contributed by atoms with Crippen LogP contribution in [-0.4, -0.2) is 55.2 Å². The number of benzene rings is 2. The minimum absolute atomic E-state index is 0.0254. The number of aryl methyl sites for hydroxylation is 2. The second-order valence-corrected chi connectivity index (χ2v) is 9.96. The fraction of sp³-hybridized carbons (Fsp3) is 0.391. The predicted molar refractivity (Wildman–Crippen MR) is 120 cm³/mol. The van der Waals surface area contributed by atoms with E-state index in [1.165, 1.54) is 16.4 Å². The van der Waals surface area contributed by atoms with Crippen LogP contribution in [0.2, 0.25) is 0 Å². The standard InChI is InChI=1S/C23H28N4O3S/c1-16-8-7-9-17(2)23(16)25-22(28)15-26-13-18(3)27(19(4)14-26)31(29,30)21-11-6-5-10-20(21)12-24/h5-11,18-19H,13-15H2,1-4H3,(H,25,28). The molecule has 164 valence electrons. The van der Waals surface area contributed by atoms with Crippen LogP contribution in [-0.2, 0) is 14.8 Å². The lowest BCUT2D eigenvalue weighted by Crippen LogP contribution is -2.59. The molecule has 2 unspecified atom stereocenters. The van der Waals surface area contributed by atoms with Gasteiger partial charge in [0.2, 0.25) is 15.9 Å². The molecule has 7 nitrogen and oxygen atoms in total. The number of hydrogen-bond donors (Lipinski definition) is 1. The van der Waals surface area contributed by atoms with Crippen molar-refractivity contribution in [3.63, 3.8) is 0 Å². The van der Waals surface area contributed by atoms with Gasteiger partial charge in [-0.3, -0.25) is 9.69 Å². The Bertz CT molecular complexity index is 1090. The number of carbonyl (C=O) groups is 1. The van der Waals surface area contributed by atoms with Crippen molar-refractivity contribution in [3.8, 4) is 6.07 Å². The smallest absolute Gasteiger partial charge is 0.244 e. The molecule has 2 atom stereocenters. The summed E-state index contributed by atoms with van der Waals surface area (Å²) in [4.78, 5) is 14.7.